The average molecular weight is 423 g/mol. The minimum Gasteiger partial charge on any atom is -0.481 e. The van der Waals surface area contributed by atoms with Gasteiger partial charge in [0.1, 0.15) is 0 Å². The first-order chi connectivity index (χ1) is 13.8. The summed E-state index contributed by atoms with van der Waals surface area (Å²) in [6.45, 7) is 0.367. The number of carbonyl (C=O) groups is 1. The number of carboxylic acid groups (broad SMARTS) is 1. The number of hydrogen-bond donors (Lipinski definition) is 7. The van der Waals surface area contributed by atoms with Crippen LogP contribution in [0.3, 0.4) is 0 Å². The summed E-state index contributed by atoms with van der Waals surface area (Å²) in [5, 5.41) is 67.8. The minimum absolute atomic E-state index is 0.00503. The van der Waals surface area contributed by atoms with Crippen molar-refractivity contribution < 1.29 is 40.5 Å². The quantitative estimate of drug-likeness (QED) is 0.152. The van der Waals surface area contributed by atoms with E-state index in [4.69, 9.17) is 0 Å². The minimum atomic E-state index is -1.64. The smallest absolute Gasteiger partial charge is 0.310 e. The Balaban J connectivity index is 5.42. The molecule has 0 amide bonds. The van der Waals surface area contributed by atoms with Gasteiger partial charge in [-0.15, -0.1) is 0 Å². The maximum absolute atomic E-state index is 12.3. The van der Waals surface area contributed by atoms with Gasteiger partial charge < -0.3 is 35.7 Å². The first-order valence-corrected chi connectivity index (χ1v) is 10.9. The molecular weight excluding hydrogens is 380 g/mol. The Morgan fingerprint density at radius 3 is 1.62 bits per heavy atom. The summed E-state index contributed by atoms with van der Waals surface area (Å²) in [7, 11) is 0. The molecule has 0 saturated carbocycles. The molecule has 29 heavy (non-hydrogen) atoms. The molecule has 0 aromatic heterocycles. The highest BCUT2D eigenvalue weighted by Gasteiger charge is 2.48. The monoisotopic (exact) mass is 422 g/mol. The zero-order valence-corrected chi connectivity index (χ0v) is 17.7. The maximum atomic E-state index is 12.3. The number of unbranched alkanes of at least 4 members (excludes halogenated alkanes) is 6. The largest absolute Gasteiger partial charge is 0.481 e. The van der Waals surface area contributed by atoms with Gasteiger partial charge in [-0.3, -0.25) is 4.79 Å². The van der Waals surface area contributed by atoms with Crippen LogP contribution < -0.4 is 0 Å². The van der Waals surface area contributed by atoms with E-state index < -0.39 is 55.4 Å². The molecule has 0 rings (SSSR count). The number of aliphatic carboxylic acids is 1. The predicted octanol–water partition coefficient (Wildman–Crippen LogP) is 1.04. The third-order valence-corrected chi connectivity index (χ3v) is 5.75. The molecule has 0 aliphatic carbocycles. The summed E-state index contributed by atoms with van der Waals surface area (Å²) < 4.78 is 0. The number of aliphatic hydroxyl groups is 6. The van der Waals surface area contributed by atoms with Gasteiger partial charge in [0.15, 0.2) is 0 Å². The fraction of sp³-hybridized carbons (Fsp3) is 0.952. The predicted molar refractivity (Wildman–Crippen MR) is 109 cm³/mol. The third kappa shape index (κ3) is 10.7. The van der Waals surface area contributed by atoms with Crippen LogP contribution in [0.25, 0.3) is 0 Å². The van der Waals surface area contributed by atoms with E-state index in [9.17, 15) is 40.5 Å². The van der Waals surface area contributed by atoms with Crippen LogP contribution in [0.2, 0.25) is 0 Å². The van der Waals surface area contributed by atoms with Gasteiger partial charge in [-0.1, -0.05) is 51.9 Å². The van der Waals surface area contributed by atoms with E-state index in [0.29, 0.717) is 12.8 Å². The molecule has 0 fully saturated rings. The molecule has 0 bridgehead atoms. The first kappa shape index (κ1) is 28.2. The van der Waals surface area contributed by atoms with Crippen LogP contribution in [-0.2, 0) is 4.79 Å². The van der Waals surface area contributed by atoms with Crippen molar-refractivity contribution in [3.63, 3.8) is 0 Å². The van der Waals surface area contributed by atoms with E-state index in [1.54, 1.807) is 0 Å². The van der Waals surface area contributed by atoms with Crippen molar-refractivity contribution in [1.29, 1.82) is 0 Å². The maximum Gasteiger partial charge on any atom is 0.310 e. The Morgan fingerprint density at radius 2 is 1.21 bits per heavy atom. The van der Waals surface area contributed by atoms with E-state index in [2.05, 4.69) is 6.92 Å². The van der Waals surface area contributed by atoms with Gasteiger partial charge in [0, 0.05) is 0 Å². The molecule has 174 valence electrons. The Hall–Kier alpha value is -0.770. The molecule has 8 heteroatoms. The Bertz CT molecular complexity index is 405. The van der Waals surface area contributed by atoms with Crippen molar-refractivity contribution in [2.24, 2.45) is 11.3 Å². The highest BCUT2D eigenvalue weighted by molar-refractivity contribution is 5.75. The second kappa shape index (κ2) is 16.0. The molecular formula is C21H42O8. The van der Waals surface area contributed by atoms with Gasteiger partial charge in [-0.2, -0.15) is 0 Å². The lowest BCUT2D eigenvalue weighted by molar-refractivity contribution is -0.161. The Kier molecular flexibility index (Phi) is 15.6. The molecule has 8 nitrogen and oxygen atoms in total. The Labute approximate surface area is 174 Å². The number of carboxylic acids is 1. The summed E-state index contributed by atoms with van der Waals surface area (Å²) in [4.78, 5) is 12.3. The van der Waals surface area contributed by atoms with Gasteiger partial charge in [0.05, 0.1) is 43.5 Å². The van der Waals surface area contributed by atoms with Crippen LogP contribution in [0.1, 0.15) is 77.6 Å². The van der Waals surface area contributed by atoms with E-state index in [-0.39, 0.29) is 19.3 Å². The van der Waals surface area contributed by atoms with Gasteiger partial charge in [-0.05, 0) is 31.6 Å². The van der Waals surface area contributed by atoms with E-state index >= 15 is 0 Å². The zero-order chi connectivity index (χ0) is 22.3. The van der Waals surface area contributed by atoms with Crippen LogP contribution in [-0.4, -0.2) is 79.8 Å². The topological polar surface area (TPSA) is 159 Å². The van der Waals surface area contributed by atoms with Gasteiger partial charge in [0.2, 0.25) is 0 Å². The molecule has 4 atom stereocenters. The van der Waals surface area contributed by atoms with Crippen LogP contribution in [0.5, 0.6) is 0 Å². The molecule has 0 heterocycles. The van der Waals surface area contributed by atoms with Crippen molar-refractivity contribution in [2.75, 3.05) is 19.8 Å². The SMILES string of the molecule is CCCCCCCCCC(CC(O)CO)C(CC(O)CO)(CC(O)CO)C(=O)O. The first-order valence-electron chi connectivity index (χ1n) is 10.9. The number of hydrogen-bond acceptors (Lipinski definition) is 7. The van der Waals surface area contributed by atoms with Gasteiger partial charge in [-0.25, -0.2) is 0 Å². The fourth-order valence-electron chi connectivity index (χ4n) is 4.11. The van der Waals surface area contributed by atoms with E-state index in [1.165, 1.54) is 6.42 Å². The van der Waals surface area contributed by atoms with Crippen LogP contribution in [0.4, 0.5) is 0 Å². The highest BCUT2D eigenvalue weighted by atomic mass is 16.4. The molecule has 7 N–H and O–H groups in total. The molecule has 0 aliphatic rings. The van der Waals surface area contributed by atoms with E-state index in [0.717, 1.165) is 32.1 Å². The van der Waals surface area contributed by atoms with E-state index in [1.807, 2.05) is 0 Å². The second-order valence-corrected chi connectivity index (χ2v) is 8.22. The lowest BCUT2D eigenvalue weighted by Crippen LogP contribution is -2.46. The highest BCUT2D eigenvalue weighted by Crippen LogP contribution is 2.43. The lowest BCUT2D eigenvalue weighted by Gasteiger charge is -2.40. The van der Waals surface area contributed by atoms with Crippen LogP contribution in [0, 0.1) is 11.3 Å². The van der Waals surface area contributed by atoms with Gasteiger partial charge in [0.25, 0.3) is 0 Å². The van der Waals surface area contributed by atoms with Crippen LogP contribution in [0.15, 0.2) is 0 Å². The molecule has 0 saturated heterocycles. The molecule has 0 spiro atoms. The summed E-state index contributed by atoms with van der Waals surface area (Å²) >= 11 is 0. The van der Waals surface area contributed by atoms with Crippen molar-refractivity contribution >= 4 is 5.97 Å². The number of aliphatic hydroxyl groups excluding tert-OH is 6. The summed E-state index contributed by atoms with van der Waals surface area (Å²) in [6, 6.07) is 0. The molecule has 0 aromatic rings. The average Bonchev–Trinajstić information content (AvgIpc) is 2.70. The van der Waals surface area contributed by atoms with Crippen molar-refractivity contribution in [3.8, 4) is 0 Å². The normalized spacial score (nSPS) is 18.0. The van der Waals surface area contributed by atoms with Crippen molar-refractivity contribution in [1.82, 2.24) is 0 Å². The fourth-order valence-corrected chi connectivity index (χ4v) is 4.11. The third-order valence-electron chi connectivity index (χ3n) is 5.75. The number of rotatable bonds is 19. The summed E-state index contributed by atoms with van der Waals surface area (Å²) in [5.74, 6) is -1.89. The zero-order valence-electron chi connectivity index (χ0n) is 17.7. The summed E-state index contributed by atoms with van der Waals surface area (Å²) in [5.41, 5.74) is -1.64. The Morgan fingerprint density at radius 1 is 0.759 bits per heavy atom. The molecule has 0 aliphatic heterocycles. The van der Waals surface area contributed by atoms with Crippen LogP contribution >= 0.6 is 0 Å². The van der Waals surface area contributed by atoms with Crippen molar-refractivity contribution in [3.05, 3.63) is 0 Å². The molecule has 0 radical (unpaired) electrons. The van der Waals surface area contributed by atoms with Crippen molar-refractivity contribution in [2.45, 2.75) is 95.9 Å². The molecule has 0 aromatic carbocycles. The standard InChI is InChI=1S/C21H42O8/c1-2-3-4-5-6-7-8-9-16(10-17(25)13-22)21(20(28)29,11-18(26)14-23)12-19(27)15-24/h16-19,22-27H,2-15H2,1H3,(H,28,29). The van der Waals surface area contributed by atoms with Gasteiger partial charge >= 0.3 is 5.97 Å². The summed E-state index contributed by atoms with van der Waals surface area (Å²) in [6.07, 6.45) is 3.32. The lowest BCUT2D eigenvalue weighted by atomic mass is 9.64. The molecule has 4 unspecified atom stereocenters. The second-order valence-electron chi connectivity index (χ2n) is 8.22.